The highest BCUT2D eigenvalue weighted by Crippen LogP contribution is 2.23. The number of furan rings is 1. The van der Waals surface area contributed by atoms with E-state index in [4.69, 9.17) is 4.42 Å². The Hall–Kier alpha value is -3.93. The van der Waals surface area contributed by atoms with Gasteiger partial charge in [-0.1, -0.05) is 36.4 Å². The molecule has 2 heterocycles. The first-order valence-corrected chi connectivity index (χ1v) is 9.61. The number of ketones is 1. The Bertz CT molecular complexity index is 1160. The molecule has 4 aromatic rings. The molecule has 0 saturated carbocycles. The number of Topliss-reactive ketones (excluding diaryl/α,β-unsaturated/α-hetero) is 1. The Kier molecular flexibility index (Phi) is 5.30. The summed E-state index contributed by atoms with van der Waals surface area (Å²) in [5.41, 5.74) is 3.43. The van der Waals surface area contributed by atoms with Crippen molar-refractivity contribution in [1.82, 2.24) is 14.9 Å². The fourth-order valence-electron chi connectivity index (χ4n) is 3.18. The second-order valence-electron chi connectivity index (χ2n) is 7.05. The average molecular weight is 399 g/mol. The van der Waals surface area contributed by atoms with Crippen LogP contribution in [-0.2, 0) is 0 Å². The summed E-state index contributed by atoms with van der Waals surface area (Å²) < 4.78 is 7.65. The molecule has 0 saturated heterocycles. The molecule has 0 radical (unpaired) electrons. The summed E-state index contributed by atoms with van der Waals surface area (Å²) in [7, 11) is 0. The van der Waals surface area contributed by atoms with Gasteiger partial charge in [0, 0.05) is 29.2 Å². The SMILES string of the molecule is CC(=O)c1ccc(-c2ccc(C(=O)N[C@@H](C)c3ccc(-n4ccnc4)cc3)o2)cc1. The standard InChI is InChI=1S/C24H21N3O3/c1-16(18-7-9-21(10-8-18)27-14-13-25-15-27)26-24(29)23-12-11-22(30-23)20-5-3-19(4-6-20)17(2)28/h3-16H,1-2H3,(H,26,29)/t16-/m0/s1. The van der Waals surface area contributed by atoms with Crippen LogP contribution in [0.3, 0.4) is 0 Å². The van der Waals surface area contributed by atoms with Crippen LogP contribution in [0.25, 0.3) is 17.0 Å². The minimum Gasteiger partial charge on any atom is -0.451 e. The molecule has 1 atom stereocenters. The number of nitrogens with zero attached hydrogens (tertiary/aromatic N) is 2. The van der Waals surface area contributed by atoms with E-state index in [-0.39, 0.29) is 23.5 Å². The second-order valence-corrected chi connectivity index (χ2v) is 7.05. The summed E-state index contributed by atoms with van der Waals surface area (Å²) in [5.74, 6) is 0.538. The number of carbonyl (C=O) groups excluding carboxylic acids is 2. The minimum absolute atomic E-state index is 0.00751. The van der Waals surface area contributed by atoms with Gasteiger partial charge in [-0.3, -0.25) is 9.59 Å². The van der Waals surface area contributed by atoms with Crippen LogP contribution < -0.4 is 5.32 Å². The maximum absolute atomic E-state index is 12.6. The number of carbonyl (C=O) groups is 2. The maximum Gasteiger partial charge on any atom is 0.287 e. The molecule has 0 bridgehead atoms. The normalized spacial score (nSPS) is 11.8. The number of benzene rings is 2. The summed E-state index contributed by atoms with van der Waals surface area (Å²) in [5, 5.41) is 2.96. The molecule has 6 heteroatoms. The van der Waals surface area contributed by atoms with Crippen molar-refractivity contribution in [2.45, 2.75) is 19.9 Å². The third kappa shape index (κ3) is 4.07. The first-order valence-electron chi connectivity index (χ1n) is 9.61. The highest BCUT2D eigenvalue weighted by atomic mass is 16.3. The number of imidazole rings is 1. The van der Waals surface area contributed by atoms with Crippen LogP contribution >= 0.6 is 0 Å². The molecule has 0 spiro atoms. The molecule has 4 rings (SSSR count). The molecular weight excluding hydrogens is 378 g/mol. The van der Waals surface area contributed by atoms with Crippen molar-refractivity contribution in [3.8, 4) is 17.0 Å². The highest BCUT2D eigenvalue weighted by molar-refractivity contribution is 5.94. The molecule has 0 aliphatic rings. The van der Waals surface area contributed by atoms with Crippen molar-refractivity contribution in [3.63, 3.8) is 0 Å². The van der Waals surface area contributed by atoms with Crippen LogP contribution in [0.15, 0.2) is 83.8 Å². The van der Waals surface area contributed by atoms with Gasteiger partial charge in [-0.2, -0.15) is 0 Å². The van der Waals surface area contributed by atoms with E-state index in [1.54, 1.807) is 36.8 Å². The van der Waals surface area contributed by atoms with E-state index >= 15 is 0 Å². The lowest BCUT2D eigenvalue weighted by Crippen LogP contribution is -2.26. The molecule has 150 valence electrons. The number of rotatable bonds is 6. The average Bonchev–Trinajstić information content (AvgIpc) is 3.46. The van der Waals surface area contributed by atoms with Crippen LogP contribution in [-0.4, -0.2) is 21.2 Å². The third-order valence-electron chi connectivity index (χ3n) is 4.95. The minimum atomic E-state index is -0.284. The van der Waals surface area contributed by atoms with Gasteiger partial charge in [0.05, 0.1) is 12.4 Å². The van der Waals surface area contributed by atoms with Crippen LogP contribution in [0.1, 0.15) is 46.4 Å². The largest absolute Gasteiger partial charge is 0.451 e. The smallest absolute Gasteiger partial charge is 0.287 e. The van der Waals surface area contributed by atoms with E-state index in [2.05, 4.69) is 10.3 Å². The number of aromatic nitrogens is 2. The van der Waals surface area contributed by atoms with Gasteiger partial charge in [-0.25, -0.2) is 4.98 Å². The van der Waals surface area contributed by atoms with Crippen LogP contribution in [0.4, 0.5) is 0 Å². The molecule has 0 unspecified atom stereocenters. The van der Waals surface area contributed by atoms with E-state index in [0.717, 1.165) is 16.8 Å². The molecule has 1 N–H and O–H groups in total. The zero-order valence-corrected chi connectivity index (χ0v) is 16.7. The summed E-state index contributed by atoms with van der Waals surface area (Å²) in [6, 6.07) is 18.2. The van der Waals surface area contributed by atoms with Gasteiger partial charge in [0.1, 0.15) is 5.76 Å². The predicted octanol–water partition coefficient (Wildman–Crippen LogP) is 4.83. The van der Waals surface area contributed by atoms with Gasteiger partial charge < -0.3 is 14.3 Å². The fraction of sp³-hybridized carbons (Fsp3) is 0.125. The first kappa shape index (κ1) is 19.4. The van der Waals surface area contributed by atoms with Gasteiger partial charge in [0.25, 0.3) is 5.91 Å². The topological polar surface area (TPSA) is 77.1 Å². The Balaban J connectivity index is 1.43. The number of hydrogen-bond donors (Lipinski definition) is 1. The maximum atomic E-state index is 12.6. The zero-order valence-electron chi connectivity index (χ0n) is 16.7. The molecular formula is C24H21N3O3. The number of amides is 1. The second kappa shape index (κ2) is 8.21. The number of nitrogens with one attached hydrogen (secondary N) is 1. The molecule has 30 heavy (non-hydrogen) atoms. The summed E-state index contributed by atoms with van der Waals surface area (Å²) in [6.45, 7) is 3.45. The van der Waals surface area contributed by atoms with Crippen molar-refractivity contribution < 1.29 is 14.0 Å². The van der Waals surface area contributed by atoms with Crippen molar-refractivity contribution in [1.29, 1.82) is 0 Å². The fourth-order valence-corrected chi connectivity index (χ4v) is 3.18. The van der Waals surface area contributed by atoms with E-state index in [1.807, 2.05) is 54.1 Å². The van der Waals surface area contributed by atoms with Crippen LogP contribution in [0.2, 0.25) is 0 Å². The lowest BCUT2D eigenvalue weighted by Gasteiger charge is -2.14. The predicted molar refractivity (Wildman–Crippen MR) is 114 cm³/mol. The van der Waals surface area contributed by atoms with Crippen molar-refractivity contribution in [3.05, 3.63) is 96.3 Å². The van der Waals surface area contributed by atoms with Gasteiger partial charge in [0.15, 0.2) is 11.5 Å². The molecule has 0 fully saturated rings. The molecule has 1 amide bonds. The van der Waals surface area contributed by atoms with Gasteiger partial charge in [0.2, 0.25) is 0 Å². The Morgan fingerprint density at radius 1 is 1.00 bits per heavy atom. The molecule has 2 aromatic heterocycles. The van der Waals surface area contributed by atoms with E-state index in [0.29, 0.717) is 11.3 Å². The Morgan fingerprint density at radius 3 is 2.37 bits per heavy atom. The Morgan fingerprint density at radius 2 is 1.73 bits per heavy atom. The lowest BCUT2D eigenvalue weighted by molar-refractivity contribution is 0.0912. The van der Waals surface area contributed by atoms with Crippen LogP contribution in [0, 0.1) is 0 Å². The Labute approximate surface area is 174 Å². The molecule has 0 aliphatic carbocycles. The summed E-state index contributed by atoms with van der Waals surface area (Å²) >= 11 is 0. The molecule has 6 nitrogen and oxygen atoms in total. The van der Waals surface area contributed by atoms with Crippen LogP contribution in [0.5, 0.6) is 0 Å². The van der Waals surface area contributed by atoms with Gasteiger partial charge in [-0.15, -0.1) is 0 Å². The molecule has 2 aromatic carbocycles. The summed E-state index contributed by atoms with van der Waals surface area (Å²) in [4.78, 5) is 28.1. The van der Waals surface area contributed by atoms with Gasteiger partial charge >= 0.3 is 0 Å². The van der Waals surface area contributed by atoms with Crippen molar-refractivity contribution in [2.75, 3.05) is 0 Å². The van der Waals surface area contributed by atoms with Crippen molar-refractivity contribution in [2.24, 2.45) is 0 Å². The first-order chi connectivity index (χ1) is 14.5. The zero-order chi connectivity index (χ0) is 21.1. The molecule has 0 aliphatic heterocycles. The lowest BCUT2D eigenvalue weighted by atomic mass is 10.1. The quantitative estimate of drug-likeness (QED) is 0.471. The van der Waals surface area contributed by atoms with Gasteiger partial charge in [-0.05, 0) is 43.7 Å². The van der Waals surface area contributed by atoms with E-state index in [1.165, 1.54) is 6.92 Å². The highest BCUT2D eigenvalue weighted by Gasteiger charge is 2.16. The van der Waals surface area contributed by atoms with E-state index in [9.17, 15) is 9.59 Å². The summed E-state index contributed by atoms with van der Waals surface area (Å²) in [6.07, 6.45) is 5.34. The third-order valence-corrected chi connectivity index (χ3v) is 4.95. The van der Waals surface area contributed by atoms with Crippen molar-refractivity contribution >= 4 is 11.7 Å². The van der Waals surface area contributed by atoms with E-state index < -0.39 is 0 Å². The monoisotopic (exact) mass is 399 g/mol. The number of hydrogen-bond acceptors (Lipinski definition) is 4.